The Morgan fingerprint density at radius 3 is 2.62 bits per heavy atom. The molecule has 4 aliphatic rings. The summed E-state index contributed by atoms with van der Waals surface area (Å²) in [5.41, 5.74) is 1.67. The molecule has 0 unspecified atom stereocenters. The molecule has 0 bridgehead atoms. The smallest absolute Gasteiger partial charge is 0.156 e. The number of ketones is 3. The molecular formula is C21H26O3. The second-order valence-corrected chi connectivity index (χ2v) is 8.81. The molecule has 0 aromatic rings. The van der Waals surface area contributed by atoms with Crippen molar-refractivity contribution in [1.29, 1.82) is 0 Å². The van der Waals surface area contributed by atoms with Gasteiger partial charge in [0.1, 0.15) is 5.78 Å². The molecule has 24 heavy (non-hydrogen) atoms. The van der Waals surface area contributed by atoms with Gasteiger partial charge < -0.3 is 0 Å². The molecular weight excluding hydrogens is 300 g/mol. The molecule has 2 saturated carbocycles. The minimum Gasteiger partial charge on any atom is -0.299 e. The van der Waals surface area contributed by atoms with Gasteiger partial charge in [0.15, 0.2) is 11.6 Å². The van der Waals surface area contributed by atoms with E-state index in [2.05, 4.69) is 19.9 Å². The van der Waals surface area contributed by atoms with E-state index in [-0.39, 0.29) is 28.3 Å². The zero-order valence-corrected chi connectivity index (χ0v) is 14.9. The number of hydrogen-bond donors (Lipinski definition) is 0. The Bertz CT molecular complexity index is 713. The minimum absolute atomic E-state index is 0.0309. The largest absolute Gasteiger partial charge is 0.299 e. The van der Waals surface area contributed by atoms with Gasteiger partial charge in [0.05, 0.1) is 0 Å². The Balaban J connectivity index is 1.75. The molecule has 4 aliphatic carbocycles. The van der Waals surface area contributed by atoms with Gasteiger partial charge in [0.2, 0.25) is 0 Å². The summed E-state index contributed by atoms with van der Waals surface area (Å²) < 4.78 is 0. The van der Waals surface area contributed by atoms with Crippen molar-refractivity contribution >= 4 is 17.3 Å². The van der Waals surface area contributed by atoms with Gasteiger partial charge in [-0.25, -0.2) is 0 Å². The van der Waals surface area contributed by atoms with Crippen LogP contribution in [0.4, 0.5) is 0 Å². The van der Waals surface area contributed by atoms with Gasteiger partial charge in [-0.05, 0) is 61.5 Å². The zero-order valence-electron chi connectivity index (χ0n) is 14.9. The van der Waals surface area contributed by atoms with Crippen LogP contribution in [-0.4, -0.2) is 17.3 Å². The molecule has 0 aromatic heterocycles. The minimum atomic E-state index is -0.272. The van der Waals surface area contributed by atoms with Crippen molar-refractivity contribution in [3.05, 3.63) is 23.3 Å². The SMILES string of the molecule is CC(=O)C1=CC[C@H]2[C@@H]3CCC4=CC(=O)CC[C@]4(C)[C@H]3C(=O)C[C@]12C. The molecule has 5 atom stereocenters. The van der Waals surface area contributed by atoms with E-state index in [9.17, 15) is 14.4 Å². The van der Waals surface area contributed by atoms with Crippen molar-refractivity contribution in [2.75, 3.05) is 0 Å². The molecule has 0 amide bonds. The van der Waals surface area contributed by atoms with Crippen LogP contribution in [0.25, 0.3) is 0 Å². The Labute approximate surface area is 143 Å². The molecule has 3 heteroatoms. The maximum Gasteiger partial charge on any atom is 0.156 e. The first-order chi connectivity index (χ1) is 11.3. The molecule has 3 nitrogen and oxygen atoms in total. The third kappa shape index (κ3) is 1.93. The van der Waals surface area contributed by atoms with Crippen molar-refractivity contribution in [2.24, 2.45) is 28.6 Å². The number of hydrogen-bond acceptors (Lipinski definition) is 3. The van der Waals surface area contributed by atoms with Gasteiger partial charge in [-0.2, -0.15) is 0 Å². The standard InChI is InChI=1S/C21H26O3/c1-12(22)16-6-7-17-15-5-4-13-10-14(23)8-9-20(13,2)19(15)18(24)11-21(16,17)3/h6,10,15,17,19H,4-5,7-9,11H2,1-3H3/t15-,17-,19+,20-,21+/m0/s1. The lowest BCUT2D eigenvalue weighted by molar-refractivity contribution is -0.143. The third-order valence-corrected chi connectivity index (χ3v) is 7.62. The second kappa shape index (κ2) is 5.00. The van der Waals surface area contributed by atoms with E-state index in [0.717, 1.165) is 31.3 Å². The number of fused-ring (bicyclic) bond motifs is 5. The number of allylic oxidation sites excluding steroid dienone is 4. The summed E-state index contributed by atoms with van der Waals surface area (Å²) in [7, 11) is 0. The Hall–Kier alpha value is -1.51. The highest BCUT2D eigenvalue weighted by Crippen LogP contribution is 2.64. The van der Waals surface area contributed by atoms with E-state index in [0.29, 0.717) is 30.5 Å². The molecule has 0 heterocycles. The van der Waals surface area contributed by atoms with Crippen molar-refractivity contribution in [3.8, 4) is 0 Å². The summed E-state index contributed by atoms with van der Waals surface area (Å²) in [6.45, 7) is 5.97. The van der Waals surface area contributed by atoms with Gasteiger partial charge in [-0.3, -0.25) is 14.4 Å². The summed E-state index contributed by atoms with van der Waals surface area (Å²) in [6.07, 6.45) is 8.61. The molecule has 128 valence electrons. The second-order valence-electron chi connectivity index (χ2n) is 8.81. The molecule has 0 N–H and O–H groups in total. The summed E-state index contributed by atoms with van der Waals surface area (Å²) in [4.78, 5) is 37.2. The van der Waals surface area contributed by atoms with E-state index in [4.69, 9.17) is 0 Å². The first kappa shape index (κ1) is 16.0. The van der Waals surface area contributed by atoms with E-state index in [1.54, 1.807) is 6.92 Å². The maximum atomic E-state index is 13.2. The van der Waals surface area contributed by atoms with Crippen LogP contribution < -0.4 is 0 Å². The van der Waals surface area contributed by atoms with Crippen molar-refractivity contribution in [2.45, 2.75) is 59.3 Å². The molecule has 0 radical (unpaired) electrons. The average Bonchev–Trinajstić information content (AvgIpc) is 2.84. The summed E-state index contributed by atoms with van der Waals surface area (Å²) >= 11 is 0. The van der Waals surface area contributed by atoms with Crippen LogP contribution in [0.2, 0.25) is 0 Å². The zero-order chi connectivity index (χ0) is 17.3. The summed E-state index contributed by atoms with van der Waals surface area (Å²) in [6, 6.07) is 0. The highest BCUT2D eigenvalue weighted by molar-refractivity contribution is 5.98. The maximum absolute atomic E-state index is 13.2. The fourth-order valence-electron chi connectivity index (χ4n) is 6.51. The van der Waals surface area contributed by atoms with E-state index in [1.165, 1.54) is 5.57 Å². The molecule has 4 rings (SSSR count). The monoisotopic (exact) mass is 326 g/mol. The van der Waals surface area contributed by atoms with Crippen LogP contribution in [0.5, 0.6) is 0 Å². The highest BCUT2D eigenvalue weighted by Gasteiger charge is 2.60. The average molecular weight is 326 g/mol. The van der Waals surface area contributed by atoms with E-state index < -0.39 is 0 Å². The first-order valence-electron chi connectivity index (χ1n) is 9.25. The van der Waals surface area contributed by atoms with Gasteiger partial charge in [-0.15, -0.1) is 0 Å². The first-order valence-corrected chi connectivity index (χ1v) is 9.25. The van der Waals surface area contributed by atoms with Gasteiger partial charge in [-0.1, -0.05) is 25.5 Å². The molecule has 0 aliphatic heterocycles. The highest BCUT2D eigenvalue weighted by atomic mass is 16.1. The lowest BCUT2D eigenvalue weighted by Crippen LogP contribution is -2.54. The van der Waals surface area contributed by atoms with Crippen LogP contribution >= 0.6 is 0 Å². The van der Waals surface area contributed by atoms with Crippen molar-refractivity contribution in [3.63, 3.8) is 0 Å². The van der Waals surface area contributed by atoms with Crippen LogP contribution in [-0.2, 0) is 14.4 Å². The number of Topliss-reactive ketones (excluding diaryl/α,β-unsaturated/α-hetero) is 2. The topological polar surface area (TPSA) is 51.2 Å². The van der Waals surface area contributed by atoms with Crippen LogP contribution in [0, 0.1) is 28.6 Å². The lowest BCUT2D eigenvalue weighted by atomic mass is 9.46. The third-order valence-electron chi connectivity index (χ3n) is 7.62. The Kier molecular flexibility index (Phi) is 3.33. The van der Waals surface area contributed by atoms with Crippen molar-refractivity contribution < 1.29 is 14.4 Å². The van der Waals surface area contributed by atoms with Gasteiger partial charge in [0, 0.05) is 24.2 Å². The predicted molar refractivity (Wildman–Crippen MR) is 91.2 cm³/mol. The Morgan fingerprint density at radius 1 is 1.17 bits per heavy atom. The van der Waals surface area contributed by atoms with Crippen LogP contribution in [0.1, 0.15) is 59.3 Å². The quantitative estimate of drug-likeness (QED) is 0.736. The van der Waals surface area contributed by atoms with E-state index >= 15 is 0 Å². The Morgan fingerprint density at radius 2 is 1.92 bits per heavy atom. The normalized spacial score (nSPS) is 44.2. The van der Waals surface area contributed by atoms with E-state index in [1.807, 2.05) is 6.08 Å². The van der Waals surface area contributed by atoms with Crippen molar-refractivity contribution in [1.82, 2.24) is 0 Å². The molecule has 0 aromatic carbocycles. The number of rotatable bonds is 1. The van der Waals surface area contributed by atoms with Gasteiger partial charge in [0.25, 0.3) is 0 Å². The fourth-order valence-corrected chi connectivity index (χ4v) is 6.51. The van der Waals surface area contributed by atoms with Crippen LogP contribution in [0.15, 0.2) is 23.3 Å². The molecule has 2 fully saturated rings. The molecule has 0 spiro atoms. The fraction of sp³-hybridized carbons (Fsp3) is 0.667. The van der Waals surface area contributed by atoms with Gasteiger partial charge >= 0.3 is 0 Å². The number of carbonyl (C=O) groups is 3. The summed E-state index contributed by atoms with van der Waals surface area (Å²) in [5, 5.41) is 0. The lowest BCUT2D eigenvalue weighted by Gasteiger charge is -2.56. The summed E-state index contributed by atoms with van der Waals surface area (Å²) in [5.74, 6) is 1.43. The number of carbonyl (C=O) groups excluding carboxylic acids is 3. The van der Waals surface area contributed by atoms with Crippen LogP contribution in [0.3, 0.4) is 0 Å². The molecule has 0 saturated heterocycles. The predicted octanol–water partition coefficient (Wildman–Crippen LogP) is 3.82.